The highest BCUT2D eigenvalue weighted by molar-refractivity contribution is 6.25. The maximum Gasteiger partial charge on any atom is 0.0561 e. The standard InChI is InChI=1S/C18H27ClN2/c1-4-15(2)17-13-21(12-8-11-19)18(3,14-20-17)16-9-6-5-7-10-16/h5-11,15,17,20H,4,12-14H2,1-3H3/b11-8+. The van der Waals surface area contributed by atoms with Crippen molar-refractivity contribution < 1.29 is 0 Å². The summed E-state index contributed by atoms with van der Waals surface area (Å²) in [6.07, 6.45) is 3.25. The van der Waals surface area contributed by atoms with Gasteiger partial charge in [0.05, 0.1) is 5.54 Å². The molecule has 0 aromatic heterocycles. The van der Waals surface area contributed by atoms with Crippen molar-refractivity contribution in [3.05, 3.63) is 47.5 Å². The third kappa shape index (κ3) is 3.68. The molecule has 2 rings (SSSR count). The largest absolute Gasteiger partial charge is 0.310 e. The van der Waals surface area contributed by atoms with E-state index in [9.17, 15) is 0 Å². The molecule has 1 aromatic carbocycles. The quantitative estimate of drug-likeness (QED) is 0.885. The van der Waals surface area contributed by atoms with Crippen molar-refractivity contribution in [3.8, 4) is 0 Å². The van der Waals surface area contributed by atoms with E-state index in [1.807, 2.05) is 6.08 Å². The van der Waals surface area contributed by atoms with Gasteiger partial charge in [0, 0.05) is 31.2 Å². The normalized spacial score (nSPS) is 28.9. The third-order valence-corrected chi connectivity index (χ3v) is 5.14. The molecule has 1 aliphatic rings. The molecule has 0 aliphatic carbocycles. The minimum absolute atomic E-state index is 0.0155. The number of piperazine rings is 1. The molecule has 0 spiro atoms. The summed E-state index contributed by atoms with van der Waals surface area (Å²) in [6, 6.07) is 11.3. The topological polar surface area (TPSA) is 15.3 Å². The zero-order valence-corrected chi connectivity index (χ0v) is 14.1. The fourth-order valence-electron chi connectivity index (χ4n) is 3.14. The Morgan fingerprint density at radius 1 is 1.43 bits per heavy atom. The third-order valence-electron chi connectivity index (χ3n) is 4.96. The second-order valence-electron chi connectivity index (χ2n) is 6.28. The average Bonchev–Trinajstić information content (AvgIpc) is 2.54. The van der Waals surface area contributed by atoms with Crippen LogP contribution in [0.1, 0.15) is 32.8 Å². The van der Waals surface area contributed by atoms with Crippen molar-refractivity contribution in [2.75, 3.05) is 19.6 Å². The van der Waals surface area contributed by atoms with Crippen LogP contribution in [-0.2, 0) is 5.54 Å². The van der Waals surface area contributed by atoms with Crippen molar-refractivity contribution in [3.63, 3.8) is 0 Å². The van der Waals surface area contributed by atoms with Gasteiger partial charge in [0.1, 0.15) is 0 Å². The molecule has 3 heteroatoms. The summed E-state index contributed by atoms with van der Waals surface area (Å²) < 4.78 is 0. The van der Waals surface area contributed by atoms with Crippen LogP contribution in [0.2, 0.25) is 0 Å². The lowest BCUT2D eigenvalue weighted by Gasteiger charge is -2.49. The molecule has 0 saturated carbocycles. The molecule has 0 bridgehead atoms. The maximum absolute atomic E-state index is 5.76. The Morgan fingerprint density at radius 2 is 2.14 bits per heavy atom. The average molecular weight is 307 g/mol. The highest BCUT2D eigenvalue weighted by Gasteiger charge is 2.39. The Bertz CT molecular complexity index is 460. The van der Waals surface area contributed by atoms with Crippen LogP contribution in [-0.4, -0.2) is 30.6 Å². The van der Waals surface area contributed by atoms with Gasteiger partial charge in [-0.05, 0) is 18.4 Å². The molecule has 1 aromatic rings. The Labute approximate surface area is 134 Å². The van der Waals surface area contributed by atoms with Gasteiger partial charge in [0.25, 0.3) is 0 Å². The second-order valence-corrected chi connectivity index (χ2v) is 6.53. The Hall–Kier alpha value is -0.830. The van der Waals surface area contributed by atoms with Crippen molar-refractivity contribution in [1.82, 2.24) is 10.2 Å². The van der Waals surface area contributed by atoms with E-state index in [1.54, 1.807) is 5.54 Å². The molecule has 0 amide bonds. The van der Waals surface area contributed by atoms with Crippen LogP contribution in [0.3, 0.4) is 0 Å². The van der Waals surface area contributed by atoms with Gasteiger partial charge < -0.3 is 5.32 Å². The van der Waals surface area contributed by atoms with E-state index in [4.69, 9.17) is 11.6 Å². The monoisotopic (exact) mass is 306 g/mol. The van der Waals surface area contributed by atoms with E-state index in [1.165, 1.54) is 12.0 Å². The van der Waals surface area contributed by atoms with Crippen LogP contribution in [0.4, 0.5) is 0 Å². The molecule has 2 nitrogen and oxygen atoms in total. The second kappa shape index (κ2) is 7.44. The van der Waals surface area contributed by atoms with Gasteiger partial charge in [0.2, 0.25) is 0 Å². The summed E-state index contributed by atoms with van der Waals surface area (Å²) in [5.41, 5.74) is 3.01. The number of hydrogen-bond acceptors (Lipinski definition) is 2. The Balaban J connectivity index is 2.23. The van der Waals surface area contributed by atoms with E-state index in [0.29, 0.717) is 12.0 Å². The first kappa shape index (κ1) is 16.5. The van der Waals surface area contributed by atoms with Crippen molar-refractivity contribution in [2.45, 2.75) is 38.8 Å². The van der Waals surface area contributed by atoms with E-state index in [2.05, 4.69) is 61.3 Å². The highest BCUT2D eigenvalue weighted by atomic mass is 35.5. The Kier molecular flexibility index (Phi) is 5.86. The van der Waals surface area contributed by atoms with Crippen LogP contribution in [0.15, 0.2) is 41.9 Å². The molecule has 1 N–H and O–H groups in total. The summed E-state index contributed by atoms with van der Waals surface area (Å²) in [6.45, 7) is 9.84. The molecule has 1 fully saturated rings. The van der Waals surface area contributed by atoms with Gasteiger partial charge in [-0.15, -0.1) is 0 Å². The summed E-state index contributed by atoms with van der Waals surface area (Å²) >= 11 is 5.76. The van der Waals surface area contributed by atoms with E-state index in [-0.39, 0.29) is 5.54 Å². The lowest BCUT2D eigenvalue weighted by atomic mass is 9.84. The maximum atomic E-state index is 5.76. The molecule has 0 radical (unpaired) electrons. The van der Waals surface area contributed by atoms with Gasteiger partial charge >= 0.3 is 0 Å². The molecule has 1 saturated heterocycles. The first-order valence-electron chi connectivity index (χ1n) is 7.91. The summed E-state index contributed by atoms with van der Waals surface area (Å²) in [5.74, 6) is 0.688. The fraction of sp³-hybridized carbons (Fsp3) is 0.556. The predicted octanol–water partition coefficient (Wildman–Crippen LogP) is 3.97. The number of nitrogens with zero attached hydrogens (tertiary/aromatic N) is 1. The highest BCUT2D eigenvalue weighted by Crippen LogP contribution is 2.32. The van der Waals surface area contributed by atoms with E-state index in [0.717, 1.165) is 19.6 Å². The molecule has 3 atom stereocenters. The van der Waals surface area contributed by atoms with Crippen LogP contribution in [0.25, 0.3) is 0 Å². The molecular weight excluding hydrogens is 280 g/mol. The lowest BCUT2D eigenvalue weighted by Crippen LogP contribution is -2.62. The fourth-order valence-corrected chi connectivity index (χ4v) is 3.22. The number of benzene rings is 1. The minimum atomic E-state index is 0.0155. The smallest absolute Gasteiger partial charge is 0.0561 e. The van der Waals surface area contributed by atoms with Gasteiger partial charge in [-0.3, -0.25) is 4.90 Å². The van der Waals surface area contributed by atoms with E-state index >= 15 is 0 Å². The summed E-state index contributed by atoms with van der Waals surface area (Å²) in [5, 5.41) is 3.77. The van der Waals surface area contributed by atoms with Crippen LogP contribution in [0.5, 0.6) is 0 Å². The zero-order valence-electron chi connectivity index (χ0n) is 13.3. The SMILES string of the molecule is CCC(C)C1CN(C/C=C/Cl)C(C)(c2ccccc2)CN1. The van der Waals surface area contributed by atoms with Gasteiger partial charge in [-0.2, -0.15) is 0 Å². The number of rotatable bonds is 5. The van der Waals surface area contributed by atoms with Crippen molar-refractivity contribution in [2.24, 2.45) is 5.92 Å². The number of halogens is 1. The van der Waals surface area contributed by atoms with E-state index < -0.39 is 0 Å². The van der Waals surface area contributed by atoms with Crippen molar-refractivity contribution in [1.29, 1.82) is 0 Å². The zero-order chi connectivity index (χ0) is 15.3. The number of hydrogen-bond donors (Lipinski definition) is 1. The van der Waals surface area contributed by atoms with Gasteiger partial charge in [-0.1, -0.05) is 68.3 Å². The molecule has 1 aliphatic heterocycles. The van der Waals surface area contributed by atoms with Gasteiger partial charge in [0.15, 0.2) is 0 Å². The van der Waals surface area contributed by atoms with Gasteiger partial charge in [-0.25, -0.2) is 0 Å². The lowest BCUT2D eigenvalue weighted by molar-refractivity contribution is 0.0474. The first-order valence-corrected chi connectivity index (χ1v) is 8.34. The van der Waals surface area contributed by atoms with Crippen LogP contribution >= 0.6 is 11.6 Å². The Morgan fingerprint density at radius 3 is 2.76 bits per heavy atom. The molecule has 1 heterocycles. The first-order chi connectivity index (χ1) is 10.1. The van der Waals surface area contributed by atoms with Crippen LogP contribution in [0, 0.1) is 5.92 Å². The van der Waals surface area contributed by atoms with Crippen LogP contribution < -0.4 is 5.32 Å². The molecule has 116 valence electrons. The summed E-state index contributed by atoms with van der Waals surface area (Å²) in [7, 11) is 0. The molecule has 21 heavy (non-hydrogen) atoms. The summed E-state index contributed by atoms with van der Waals surface area (Å²) in [4.78, 5) is 2.55. The predicted molar refractivity (Wildman–Crippen MR) is 91.6 cm³/mol. The molecule has 3 unspecified atom stereocenters. The number of nitrogens with one attached hydrogen (secondary N) is 1. The van der Waals surface area contributed by atoms with Crippen molar-refractivity contribution >= 4 is 11.6 Å². The molecular formula is C18H27ClN2. The minimum Gasteiger partial charge on any atom is -0.310 e.